The van der Waals surface area contributed by atoms with Crippen LogP contribution in [-0.2, 0) is 19.6 Å². The van der Waals surface area contributed by atoms with E-state index >= 15 is 0 Å². The van der Waals surface area contributed by atoms with E-state index in [2.05, 4.69) is 5.10 Å². The molecule has 0 spiro atoms. The van der Waals surface area contributed by atoms with Crippen molar-refractivity contribution in [1.29, 1.82) is 0 Å². The third kappa shape index (κ3) is 1.67. The first-order valence-electron chi connectivity index (χ1n) is 4.51. The molecule has 0 atom stereocenters. The Bertz CT molecular complexity index is 255. The molecule has 0 bridgehead atoms. The van der Waals surface area contributed by atoms with Gasteiger partial charge in [-0.3, -0.25) is 0 Å². The van der Waals surface area contributed by atoms with Crippen LogP contribution in [-0.4, -0.2) is 22.0 Å². The molecule has 0 aliphatic carbocycles. The highest BCUT2D eigenvalue weighted by Crippen LogP contribution is 2.22. The van der Waals surface area contributed by atoms with Gasteiger partial charge in [-0.25, -0.2) is 4.68 Å². The van der Waals surface area contributed by atoms with Crippen LogP contribution in [0.15, 0.2) is 0 Å². The van der Waals surface area contributed by atoms with Crippen LogP contribution >= 0.6 is 0 Å². The van der Waals surface area contributed by atoms with Gasteiger partial charge < -0.3 is 9.84 Å². The van der Waals surface area contributed by atoms with E-state index in [9.17, 15) is 0 Å². The molecule has 0 unspecified atom stereocenters. The zero-order valence-electron chi connectivity index (χ0n) is 8.37. The van der Waals surface area contributed by atoms with Gasteiger partial charge in [0.2, 0.25) is 5.88 Å². The zero-order chi connectivity index (χ0) is 9.84. The number of aryl methyl sites for hydroxylation is 2. The van der Waals surface area contributed by atoms with Gasteiger partial charge in [-0.05, 0) is 13.3 Å². The van der Waals surface area contributed by atoms with Gasteiger partial charge in [0, 0.05) is 6.54 Å². The first-order valence-corrected chi connectivity index (χ1v) is 4.51. The highest BCUT2D eigenvalue weighted by atomic mass is 16.5. The smallest absolute Gasteiger partial charge is 0.217 e. The maximum Gasteiger partial charge on any atom is 0.217 e. The summed E-state index contributed by atoms with van der Waals surface area (Å²) in [5, 5.41) is 13.5. The van der Waals surface area contributed by atoms with Crippen LogP contribution in [0.5, 0.6) is 5.88 Å². The van der Waals surface area contributed by atoms with Gasteiger partial charge in [-0.1, -0.05) is 6.92 Å². The molecule has 0 aliphatic heterocycles. The van der Waals surface area contributed by atoms with Crippen molar-refractivity contribution in [3.8, 4) is 5.88 Å². The topological polar surface area (TPSA) is 47.3 Å². The van der Waals surface area contributed by atoms with Crippen LogP contribution in [0.4, 0.5) is 0 Å². The molecule has 0 aliphatic rings. The Morgan fingerprint density at radius 2 is 2.15 bits per heavy atom. The Morgan fingerprint density at radius 3 is 2.54 bits per heavy atom. The lowest BCUT2D eigenvalue weighted by atomic mass is 10.2. The average molecular weight is 184 g/mol. The Morgan fingerprint density at radius 1 is 1.46 bits per heavy atom. The molecule has 0 saturated heterocycles. The number of aromatic nitrogens is 2. The van der Waals surface area contributed by atoms with Crippen LogP contribution in [0.1, 0.15) is 25.1 Å². The van der Waals surface area contributed by atoms with E-state index in [0.29, 0.717) is 5.88 Å². The molecular formula is C9H16N2O2. The quantitative estimate of drug-likeness (QED) is 0.758. The molecule has 4 heteroatoms. The summed E-state index contributed by atoms with van der Waals surface area (Å²) in [5.41, 5.74) is 1.73. The van der Waals surface area contributed by atoms with Crippen molar-refractivity contribution in [2.45, 2.75) is 33.4 Å². The summed E-state index contributed by atoms with van der Waals surface area (Å²) in [7, 11) is 1.60. The van der Waals surface area contributed by atoms with Crippen molar-refractivity contribution in [1.82, 2.24) is 9.78 Å². The number of aliphatic hydroxyl groups is 1. The van der Waals surface area contributed by atoms with E-state index in [-0.39, 0.29) is 6.61 Å². The van der Waals surface area contributed by atoms with E-state index in [4.69, 9.17) is 9.84 Å². The minimum Gasteiger partial charge on any atom is -0.481 e. The summed E-state index contributed by atoms with van der Waals surface area (Å²) in [6.45, 7) is 4.76. The van der Waals surface area contributed by atoms with Crippen molar-refractivity contribution < 1.29 is 9.84 Å². The summed E-state index contributed by atoms with van der Waals surface area (Å²) in [6.07, 6.45) is 0.819. The minimum absolute atomic E-state index is 0.00759. The normalized spacial score (nSPS) is 10.5. The summed E-state index contributed by atoms with van der Waals surface area (Å²) >= 11 is 0. The second-order valence-electron chi connectivity index (χ2n) is 2.76. The molecule has 0 radical (unpaired) electrons. The molecule has 0 fully saturated rings. The van der Waals surface area contributed by atoms with Gasteiger partial charge in [0.1, 0.15) is 0 Å². The predicted octanol–water partition coefficient (Wildman–Crippen LogP) is 0.966. The van der Waals surface area contributed by atoms with Crippen molar-refractivity contribution in [3.63, 3.8) is 0 Å². The fourth-order valence-electron chi connectivity index (χ4n) is 1.42. The fourth-order valence-corrected chi connectivity index (χ4v) is 1.42. The third-order valence-corrected chi connectivity index (χ3v) is 2.07. The Kier molecular flexibility index (Phi) is 3.31. The molecule has 0 aromatic carbocycles. The molecule has 4 nitrogen and oxygen atoms in total. The number of aliphatic hydroxyl groups excluding tert-OH is 1. The van der Waals surface area contributed by atoms with Crippen LogP contribution in [0, 0.1) is 0 Å². The molecule has 74 valence electrons. The monoisotopic (exact) mass is 184 g/mol. The zero-order valence-corrected chi connectivity index (χ0v) is 8.37. The lowest BCUT2D eigenvalue weighted by Crippen LogP contribution is -2.00. The molecule has 1 heterocycles. The van der Waals surface area contributed by atoms with Crippen molar-refractivity contribution in [2.75, 3.05) is 7.11 Å². The van der Waals surface area contributed by atoms with Gasteiger partial charge in [0.15, 0.2) is 0 Å². The van der Waals surface area contributed by atoms with E-state index in [1.54, 1.807) is 11.8 Å². The number of hydrogen-bond donors (Lipinski definition) is 1. The molecule has 1 N–H and O–H groups in total. The van der Waals surface area contributed by atoms with E-state index in [0.717, 1.165) is 24.2 Å². The number of ether oxygens (including phenoxy) is 1. The number of nitrogens with zero attached hydrogens (tertiary/aromatic N) is 2. The molecule has 0 amide bonds. The highest BCUT2D eigenvalue weighted by Gasteiger charge is 2.15. The predicted molar refractivity (Wildman–Crippen MR) is 49.8 cm³/mol. The molecule has 13 heavy (non-hydrogen) atoms. The number of hydrogen-bond acceptors (Lipinski definition) is 3. The SMILES string of the molecule is CCc1nn(CC)c(OC)c1CO. The highest BCUT2D eigenvalue weighted by molar-refractivity contribution is 5.31. The van der Waals surface area contributed by atoms with Crippen LogP contribution in [0.3, 0.4) is 0 Å². The maximum absolute atomic E-state index is 9.14. The largest absolute Gasteiger partial charge is 0.481 e. The Labute approximate surface area is 78.1 Å². The van der Waals surface area contributed by atoms with Gasteiger partial charge in [-0.2, -0.15) is 5.10 Å². The Hall–Kier alpha value is -1.03. The standard InChI is InChI=1S/C9H16N2O2/c1-4-8-7(6-12)9(13-3)11(5-2)10-8/h12H,4-6H2,1-3H3. The van der Waals surface area contributed by atoms with Gasteiger partial charge in [0.05, 0.1) is 25.0 Å². The summed E-state index contributed by atoms with van der Waals surface area (Å²) in [5.74, 6) is 0.682. The lowest BCUT2D eigenvalue weighted by Gasteiger charge is -2.03. The maximum atomic E-state index is 9.14. The molecule has 1 rings (SSSR count). The molecular weight excluding hydrogens is 168 g/mol. The van der Waals surface area contributed by atoms with Crippen molar-refractivity contribution in [3.05, 3.63) is 11.3 Å². The second-order valence-corrected chi connectivity index (χ2v) is 2.76. The van der Waals surface area contributed by atoms with E-state index in [1.807, 2.05) is 13.8 Å². The second kappa shape index (κ2) is 4.28. The van der Waals surface area contributed by atoms with Gasteiger partial charge in [-0.15, -0.1) is 0 Å². The van der Waals surface area contributed by atoms with Gasteiger partial charge >= 0.3 is 0 Å². The average Bonchev–Trinajstić information content (AvgIpc) is 2.54. The summed E-state index contributed by atoms with van der Waals surface area (Å²) < 4.78 is 6.95. The van der Waals surface area contributed by atoms with E-state index < -0.39 is 0 Å². The number of methoxy groups -OCH3 is 1. The first-order chi connectivity index (χ1) is 6.28. The third-order valence-electron chi connectivity index (χ3n) is 2.07. The van der Waals surface area contributed by atoms with Crippen LogP contribution in [0.2, 0.25) is 0 Å². The molecule has 1 aromatic heterocycles. The van der Waals surface area contributed by atoms with Crippen molar-refractivity contribution in [2.24, 2.45) is 0 Å². The summed E-state index contributed by atoms with van der Waals surface area (Å²) in [6, 6.07) is 0. The number of rotatable bonds is 4. The lowest BCUT2D eigenvalue weighted by molar-refractivity contribution is 0.269. The summed E-state index contributed by atoms with van der Waals surface area (Å²) in [4.78, 5) is 0. The van der Waals surface area contributed by atoms with Crippen molar-refractivity contribution >= 4 is 0 Å². The fraction of sp³-hybridized carbons (Fsp3) is 0.667. The van der Waals surface area contributed by atoms with E-state index in [1.165, 1.54) is 0 Å². The van der Waals surface area contributed by atoms with Gasteiger partial charge in [0.25, 0.3) is 0 Å². The first kappa shape index (κ1) is 10.1. The molecule has 1 aromatic rings. The molecule has 0 saturated carbocycles. The van der Waals surface area contributed by atoms with Crippen LogP contribution in [0.25, 0.3) is 0 Å². The minimum atomic E-state index is -0.00759. The van der Waals surface area contributed by atoms with Crippen LogP contribution < -0.4 is 4.74 Å². The Balaban J connectivity index is 3.17.